The van der Waals surface area contributed by atoms with Gasteiger partial charge in [0.1, 0.15) is 0 Å². The fourth-order valence-electron chi connectivity index (χ4n) is 0.549. The monoisotopic (exact) mass is 169 g/mol. The van der Waals surface area contributed by atoms with E-state index in [1.807, 2.05) is 6.07 Å². The summed E-state index contributed by atoms with van der Waals surface area (Å²) in [5.74, 6) is 0.733. The minimum atomic E-state index is 0.366. The van der Waals surface area contributed by atoms with E-state index in [1.54, 1.807) is 11.6 Å². The maximum atomic E-state index is 8.27. The molecule has 0 aliphatic rings. The van der Waals surface area contributed by atoms with Crippen molar-refractivity contribution in [2.75, 3.05) is 11.5 Å². The fourth-order valence-corrected chi connectivity index (χ4v) is 1.13. The summed E-state index contributed by atoms with van der Waals surface area (Å²) in [6.45, 7) is 0. The Morgan fingerprint density at radius 1 is 1.73 bits per heavy atom. The molecular weight excluding hydrogens is 162 g/mol. The molecule has 0 amide bonds. The standard InChI is InChI=1S/C5H7N5S/c1-10-4(7)8-9-5(10)11-3-2-6/h3H2,1H3,(H2,7,8). The van der Waals surface area contributed by atoms with Crippen LogP contribution in [0.1, 0.15) is 0 Å². The molecule has 58 valence electrons. The van der Waals surface area contributed by atoms with E-state index in [4.69, 9.17) is 11.0 Å². The van der Waals surface area contributed by atoms with Gasteiger partial charge in [0.25, 0.3) is 0 Å². The highest BCUT2D eigenvalue weighted by Crippen LogP contribution is 2.14. The molecule has 6 heteroatoms. The quantitative estimate of drug-likeness (QED) is 0.631. The van der Waals surface area contributed by atoms with Crippen molar-refractivity contribution in [2.24, 2.45) is 7.05 Å². The third-order valence-electron chi connectivity index (χ3n) is 1.13. The van der Waals surface area contributed by atoms with Crippen LogP contribution in [0.4, 0.5) is 5.95 Å². The number of nitrogens with two attached hydrogens (primary N) is 1. The minimum absolute atomic E-state index is 0.366. The first-order chi connectivity index (χ1) is 5.25. The SMILES string of the molecule is Cn1c(N)nnc1SCC#N. The summed E-state index contributed by atoms with van der Waals surface area (Å²) in [5.41, 5.74) is 5.41. The molecule has 11 heavy (non-hydrogen) atoms. The summed E-state index contributed by atoms with van der Waals surface area (Å²) in [7, 11) is 1.76. The number of aromatic nitrogens is 3. The van der Waals surface area contributed by atoms with Gasteiger partial charge >= 0.3 is 0 Å². The molecule has 2 N–H and O–H groups in total. The first-order valence-electron chi connectivity index (χ1n) is 2.90. The molecule has 1 heterocycles. The first kappa shape index (κ1) is 7.88. The average Bonchev–Trinajstić information content (AvgIpc) is 2.31. The molecule has 1 aromatic rings. The maximum absolute atomic E-state index is 8.27. The lowest BCUT2D eigenvalue weighted by atomic mass is 10.9. The molecule has 0 unspecified atom stereocenters. The largest absolute Gasteiger partial charge is 0.368 e. The second-order valence-corrected chi connectivity index (χ2v) is 2.79. The first-order valence-corrected chi connectivity index (χ1v) is 3.89. The normalized spacial score (nSPS) is 9.45. The summed E-state index contributed by atoms with van der Waals surface area (Å²) >= 11 is 1.32. The van der Waals surface area contributed by atoms with Crippen molar-refractivity contribution in [2.45, 2.75) is 5.16 Å². The zero-order valence-corrected chi connectivity index (χ0v) is 6.80. The number of rotatable bonds is 2. The summed E-state index contributed by atoms with van der Waals surface area (Å²) < 4.78 is 1.64. The molecule has 0 bridgehead atoms. The van der Waals surface area contributed by atoms with Gasteiger partial charge in [-0.05, 0) is 0 Å². The lowest BCUT2D eigenvalue weighted by Gasteiger charge is -1.95. The fraction of sp³-hybridized carbons (Fsp3) is 0.400. The van der Waals surface area contributed by atoms with Crippen LogP contribution < -0.4 is 5.73 Å². The van der Waals surface area contributed by atoms with Crippen molar-refractivity contribution in [1.82, 2.24) is 14.8 Å². The highest BCUT2D eigenvalue weighted by molar-refractivity contribution is 7.99. The molecule has 0 fully saturated rings. The van der Waals surface area contributed by atoms with Gasteiger partial charge < -0.3 is 5.73 Å². The number of anilines is 1. The Hall–Kier alpha value is -1.22. The van der Waals surface area contributed by atoms with Crippen molar-refractivity contribution in [1.29, 1.82) is 5.26 Å². The van der Waals surface area contributed by atoms with Crippen molar-refractivity contribution >= 4 is 17.7 Å². The van der Waals surface area contributed by atoms with E-state index in [0.29, 0.717) is 16.9 Å². The van der Waals surface area contributed by atoms with Gasteiger partial charge in [0, 0.05) is 7.05 Å². The molecule has 0 spiro atoms. The van der Waals surface area contributed by atoms with Gasteiger partial charge in [0.2, 0.25) is 5.95 Å². The highest BCUT2D eigenvalue weighted by atomic mass is 32.2. The van der Waals surface area contributed by atoms with Crippen molar-refractivity contribution < 1.29 is 0 Å². The molecular formula is C5H7N5S. The Bertz CT molecular complexity index is 286. The summed E-state index contributed by atoms with van der Waals surface area (Å²) in [6, 6.07) is 1.99. The molecule has 5 nitrogen and oxygen atoms in total. The molecule has 0 aromatic carbocycles. The number of nitriles is 1. The Kier molecular flexibility index (Phi) is 2.33. The van der Waals surface area contributed by atoms with Crippen LogP contribution in [0.25, 0.3) is 0 Å². The summed E-state index contributed by atoms with van der Waals surface area (Å²) in [4.78, 5) is 0. The number of nitrogens with zero attached hydrogens (tertiary/aromatic N) is 4. The van der Waals surface area contributed by atoms with E-state index in [1.165, 1.54) is 11.8 Å². The smallest absolute Gasteiger partial charge is 0.222 e. The summed E-state index contributed by atoms with van der Waals surface area (Å²) in [5, 5.41) is 16.3. The van der Waals surface area contributed by atoms with Gasteiger partial charge in [-0.1, -0.05) is 11.8 Å². The van der Waals surface area contributed by atoms with Crippen LogP contribution in [0.3, 0.4) is 0 Å². The number of hydrogen-bond acceptors (Lipinski definition) is 5. The Morgan fingerprint density at radius 2 is 2.45 bits per heavy atom. The van der Waals surface area contributed by atoms with Crippen molar-refractivity contribution in [3.63, 3.8) is 0 Å². The maximum Gasteiger partial charge on any atom is 0.222 e. The molecule has 0 aliphatic carbocycles. The summed E-state index contributed by atoms with van der Waals surface area (Å²) in [6.07, 6.45) is 0. The van der Waals surface area contributed by atoms with Crippen molar-refractivity contribution in [3.8, 4) is 6.07 Å². The number of nitrogen functional groups attached to an aromatic ring is 1. The van der Waals surface area contributed by atoms with Crippen LogP contribution in [0.15, 0.2) is 5.16 Å². The van der Waals surface area contributed by atoms with Crippen LogP contribution in [0, 0.1) is 11.3 Å². The third-order valence-corrected chi connectivity index (χ3v) is 2.02. The lowest BCUT2D eigenvalue weighted by Crippen LogP contribution is -1.97. The predicted octanol–water partition coefficient (Wildman–Crippen LogP) is 0.0130. The second kappa shape index (κ2) is 3.25. The van der Waals surface area contributed by atoms with Crippen LogP contribution in [0.2, 0.25) is 0 Å². The molecule has 0 saturated heterocycles. The van der Waals surface area contributed by atoms with Gasteiger partial charge in [0.05, 0.1) is 11.8 Å². The van der Waals surface area contributed by atoms with Gasteiger partial charge in [0.15, 0.2) is 5.16 Å². The zero-order valence-electron chi connectivity index (χ0n) is 5.98. The van der Waals surface area contributed by atoms with E-state index in [2.05, 4.69) is 10.2 Å². The highest BCUT2D eigenvalue weighted by Gasteiger charge is 2.04. The predicted molar refractivity (Wildman–Crippen MR) is 41.8 cm³/mol. The molecule has 0 saturated carbocycles. The van der Waals surface area contributed by atoms with Crippen LogP contribution in [0.5, 0.6) is 0 Å². The third kappa shape index (κ3) is 1.62. The van der Waals surface area contributed by atoms with E-state index in [9.17, 15) is 0 Å². The molecule has 0 radical (unpaired) electrons. The Balaban J connectivity index is 2.72. The molecule has 0 atom stereocenters. The van der Waals surface area contributed by atoms with E-state index < -0.39 is 0 Å². The zero-order chi connectivity index (χ0) is 8.27. The molecule has 1 aromatic heterocycles. The second-order valence-electron chi connectivity index (χ2n) is 1.85. The van der Waals surface area contributed by atoms with Gasteiger partial charge in [-0.25, -0.2) is 0 Å². The lowest BCUT2D eigenvalue weighted by molar-refractivity contribution is 0.797. The van der Waals surface area contributed by atoms with Gasteiger partial charge in [-0.2, -0.15) is 5.26 Å². The molecule has 0 aliphatic heterocycles. The van der Waals surface area contributed by atoms with E-state index >= 15 is 0 Å². The van der Waals surface area contributed by atoms with Gasteiger partial charge in [-0.3, -0.25) is 4.57 Å². The van der Waals surface area contributed by atoms with Crippen molar-refractivity contribution in [3.05, 3.63) is 0 Å². The minimum Gasteiger partial charge on any atom is -0.368 e. The topological polar surface area (TPSA) is 80.5 Å². The average molecular weight is 169 g/mol. The van der Waals surface area contributed by atoms with Crippen LogP contribution >= 0.6 is 11.8 Å². The van der Waals surface area contributed by atoms with Gasteiger partial charge in [-0.15, -0.1) is 10.2 Å². The number of thioether (sulfide) groups is 1. The number of hydrogen-bond donors (Lipinski definition) is 1. The Morgan fingerprint density at radius 3 is 2.91 bits per heavy atom. The Labute approximate surface area is 68.2 Å². The van der Waals surface area contributed by atoms with E-state index in [-0.39, 0.29) is 0 Å². The van der Waals surface area contributed by atoms with E-state index in [0.717, 1.165) is 0 Å². The van der Waals surface area contributed by atoms with Crippen LogP contribution in [-0.2, 0) is 7.05 Å². The molecule has 1 rings (SSSR count). The van der Waals surface area contributed by atoms with Crippen LogP contribution in [-0.4, -0.2) is 20.5 Å².